The van der Waals surface area contributed by atoms with Gasteiger partial charge in [-0.05, 0) is 57.6 Å². The molecule has 9 aromatic rings. The van der Waals surface area contributed by atoms with Gasteiger partial charge in [0.05, 0.1) is 10.0 Å². The summed E-state index contributed by atoms with van der Waals surface area (Å²) in [6.07, 6.45) is 5.65. The molecule has 0 atom stereocenters. The van der Waals surface area contributed by atoms with Crippen LogP contribution in [0.25, 0.3) is 76.5 Å². The van der Waals surface area contributed by atoms with Crippen molar-refractivity contribution in [2.75, 3.05) is 0 Å². The van der Waals surface area contributed by atoms with E-state index in [1.807, 2.05) is 72.8 Å². The molecule has 0 spiro atoms. The first kappa shape index (κ1) is 34.0. The molecule has 0 N–H and O–H groups in total. The molecule has 7 heteroatoms. The van der Waals surface area contributed by atoms with E-state index >= 15 is 0 Å². The van der Waals surface area contributed by atoms with Gasteiger partial charge in [-0.25, -0.2) is 0 Å². The van der Waals surface area contributed by atoms with Crippen molar-refractivity contribution in [2.45, 2.75) is 7.43 Å². The Labute approximate surface area is 304 Å². The van der Waals surface area contributed by atoms with Crippen LogP contribution in [0.2, 0.25) is 10.0 Å². The number of terminal acetylenes is 1. The molecule has 0 fully saturated rings. The van der Waals surface area contributed by atoms with E-state index in [1.54, 1.807) is 0 Å². The topological polar surface area (TPSA) is 26.3 Å². The summed E-state index contributed by atoms with van der Waals surface area (Å²) in [6, 6.07) is 42.6. The molecule has 0 radical (unpaired) electrons. The van der Waals surface area contributed by atoms with Crippen LogP contribution in [0.3, 0.4) is 0 Å². The van der Waals surface area contributed by atoms with Crippen LogP contribution in [0, 0.1) is 12.3 Å². The van der Waals surface area contributed by atoms with Crippen molar-refractivity contribution in [3.8, 4) is 23.5 Å². The molecule has 9 rings (SSSR count). The Morgan fingerprint density at radius 3 is 1.73 bits per heavy atom. The quantitative estimate of drug-likeness (QED) is 0.121. The van der Waals surface area contributed by atoms with E-state index in [4.69, 9.17) is 57.3 Å². The first-order chi connectivity index (χ1) is 23.0. The average Bonchev–Trinajstić information content (AvgIpc) is 3.69. The first-order valence-electron chi connectivity index (χ1n) is 14.4. The molecule has 2 aromatic heterocycles. The van der Waals surface area contributed by atoms with Gasteiger partial charge in [0.15, 0.2) is 11.2 Å². The number of hydrogen-bond acceptors (Lipinski definition) is 2. The van der Waals surface area contributed by atoms with E-state index in [1.165, 1.54) is 21.5 Å². The van der Waals surface area contributed by atoms with Crippen molar-refractivity contribution >= 4 is 107 Å². The van der Waals surface area contributed by atoms with Crippen LogP contribution in [0.4, 0.5) is 0 Å². The van der Waals surface area contributed by atoms with E-state index < -0.39 is 16.5 Å². The van der Waals surface area contributed by atoms with Crippen LogP contribution in [-0.2, 0) is 16.5 Å². The second-order valence-corrected chi connectivity index (χ2v) is 14.8. The molecule has 7 aromatic carbocycles. The number of rotatable bonds is 1. The van der Waals surface area contributed by atoms with Gasteiger partial charge in [0.25, 0.3) is 0 Å². The molecule has 0 aliphatic rings. The van der Waals surface area contributed by atoms with Gasteiger partial charge in [-0.3, -0.25) is 0 Å². The fourth-order valence-electron chi connectivity index (χ4n) is 6.23. The predicted octanol–water partition coefficient (Wildman–Crippen LogP) is 14.4. The molecule has 0 saturated heterocycles. The van der Waals surface area contributed by atoms with Crippen molar-refractivity contribution in [3.63, 3.8) is 0 Å². The van der Waals surface area contributed by atoms with Gasteiger partial charge >= 0.3 is 35.3 Å². The van der Waals surface area contributed by atoms with Crippen LogP contribution in [0.1, 0.15) is 13.0 Å². The summed E-state index contributed by atoms with van der Waals surface area (Å²) in [4.78, 5) is 0. The second kappa shape index (κ2) is 14.7. The third kappa shape index (κ3) is 6.08. The first-order valence-corrected chi connectivity index (χ1v) is 20.8. The molecule has 0 amide bonds. The molecule has 0 aliphatic heterocycles. The summed E-state index contributed by atoms with van der Waals surface area (Å²) in [5.41, 5.74) is 6.13. The van der Waals surface area contributed by atoms with E-state index in [-0.39, 0.29) is 7.43 Å². The SMILES string of the molecule is C.C#Cc1ccccc1-c1cccc2oc3c(Cl)cccc3c12.Clc1cccc2c1oc1ccc3ccc4ccccc4c3c12.[Cl][Pt][Cl]. The summed E-state index contributed by atoms with van der Waals surface area (Å²) in [6.45, 7) is 0. The van der Waals surface area contributed by atoms with Gasteiger partial charge in [-0.1, -0.05) is 134 Å². The maximum absolute atomic E-state index is 6.30. The van der Waals surface area contributed by atoms with E-state index in [2.05, 4.69) is 60.5 Å². The standard InChI is InChI=1S/2C20H11ClO.CH4.2ClH.Pt/c21-16-7-3-6-15-19-17(22-20(15)16)11-10-13-9-8-12-4-1-2-5-14(12)18(13)19;1-2-13-7-3-4-8-14(13)15-9-6-12-18-19(15)16-10-5-11-17(21)20(16)22-18;;;;/h1-11H;1,3-12H;1H4;2*1H;/q;;;;;+2/p-2. The predicted molar refractivity (Wildman–Crippen MR) is 204 cm³/mol. The number of fused-ring (bicyclic) bond motifs is 10. The van der Waals surface area contributed by atoms with Crippen molar-refractivity contribution in [1.29, 1.82) is 0 Å². The number of para-hydroxylation sites is 2. The summed E-state index contributed by atoms with van der Waals surface area (Å²) in [5, 5.41) is 10.5. The van der Waals surface area contributed by atoms with Crippen LogP contribution < -0.4 is 0 Å². The second-order valence-electron chi connectivity index (χ2n) is 10.7. The van der Waals surface area contributed by atoms with Crippen LogP contribution >= 0.6 is 42.0 Å². The Bertz CT molecular complexity index is 2630. The summed E-state index contributed by atoms with van der Waals surface area (Å²) >= 11 is 12.1. The monoisotopic (exact) mass is 885 g/mol. The van der Waals surface area contributed by atoms with Crippen LogP contribution in [-0.4, -0.2) is 0 Å². The number of benzene rings is 7. The summed E-state index contributed by atoms with van der Waals surface area (Å²) in [5.74, 6) is 2.75. The van der Waals surface area contributed by atoms with Gasteiger partial charge in [0.1, 0.15) is 11.2 Å². The van der Waals surface area contributed by atoms with Crippen molar-refractivity contribution in [3.05, 3.63) is 143 Å². The molecular formula is C41H26Cl4O2Pt. The molecular weight excluding hydrogens is 861 g/mol. The molecule has 0 unspecified atom stereocenters. The minimum absolute atomic E-state index is 0. The van der Waals surface area contributed by atoms with Crippen molar-refractivity contribution < 1.29 is 25.3 Å². The molecule has 0 bridgehead atoms. The number of hydrogen-bond donors (Lipinski definition) is 0. The van der Waals surface area contributed by atoms with Gasteiger partial charge < -0.3 is 8.83 Å². The third-order valence-electron chi connectivity index (χ3n) is 8.17. The Morgan fingerprint density at radius 2 is 1.02 bits per heavy atom. The zero-order chi connectivity index (χ0) is 32.5. The maximum atomic E-state index is 6.30. The number of furan rings is 2. The average molecular weight is 888 g/mol. The van der Waals surface area contributed by atoms with Gasteiger partial charge in [-0.15, -0.1) is 6.42 Å². The number of halogens is 4. The molecule has 48 heavy (non-hydrogen) atoms. The Kier molecular flexibility index (Phi) is 10.4. The minimum atomic E-state index is -0.472. The Balaban J connectivity index is 0.000000152. The fourth-order valence-corrected chi connectivity index (χ4v) is 6.66. The summed E-state index contributed by atoms with van der Waals surface area (Å²) < 4.78 is 11.9. The molecule has 2 heterocycles. The Hall–Kier alpha value is -3.93. The van der Waals surface area contributed by atoms with E-state index in [0.717, 1.165) is 55.0 Å². The molecule has 0 saturated carbocycles. The van der Waals surface area contributed by atoms with Crippen molar-refractivity contribution in [2.24, 2.45) is 0 Å². The fraction of sp³-hybridized carbons (Fsp3) is 0.0244. The zero-order valence-electron chi connectivity index (χ0n) is 24.3. The Morgan fingerprint density at radius 1 is 0.500 bits per heavy atom. The molecule has 0 aliphatic carbocycles. The molecule has 240 valence electrons. The van der Waals surface area contributed by atoms with Crippen molar-refractivity contribution in [1.82, 2.24) is 0 Å². The van der Waals surface area contributed by atoms with E-state index in [9.17, 15) is 0 Å². The van der Waals surface area contributed by atoms with Gasteiger partial charge in [-0.2, -0.15) is 0 Å². The zero-order valence-corrected chi connectivity index (χ0v) is 29.6. The van der Waals surface area contributed by atoms with Gasteiger partial charge in [0.2, 0.25) is 0 Å². The van der Waals surface area contributed by atoms with Gasteiger partial charge in [0, 0.05) is 32.5 Å². The van der Waals surface area contributed by atoms with Crippen LogP contribution in [0.5, 0.6) is 0 Å². The normalized spacial score (nSPS) is 10.9. The van der Waals surface area contributed by atoms with E-state index in [0.29, 0.717) is 15.6 Å². The third-order valence-corrected chi connectivity index (χ3v) is 8.76. The summed E-state index contributed by atoms with van der Waals surface area (Å²) in [7, 11) is 9.75. The molecule has 2 nitrogen and oxygen atoms in total. The van der Waals surface area contributed by atoms with Crippen LogP contribution in [0.15, 0.2) is 136 Å².